The lowest BCUT2D eigenvalue weighted by Crippen LogP contribution is -2.26. The molecule has 0 unspecified atom stereocenters. The number of aromatic nitrogens is 2. The van der Waals surface area contributed by atoms with Crippen LogP contribution in [0, 0.1) is 0 Å². The highest BCUT2D eigenvalue weighted by molar-refractivity contribution is 5.90. The molecule has 0 saturated heterocycles. The van der Waals surface area contributed by atoms with Crippen molar-refractivity contribution in [1.82, 2.24) is 9.97 Å². The normalized spacial score (nSPS) is 9.50. The second-order valence-corrected chi connectivity index (χ2v) is 3.02. The van der Waals surface area contributed by atoms with Crippen LogP contribution in [0.1, 0.15) is 10.5 Å². The summed E-state index contributed by atoms with van der Waals surface area (Å²) in [5, 5.41) is 8.97. The minimum absolute atomic E-state index is 0.0637. The maximum Gasteiger partial charge on any atom is 0.358 e. The van der Waals surface area contributed by atoms with Crippen LogP contribution in [0.3, 0.4) is 0 Å². The summed E-state index contributed by atoms with van der Waals surface area (Å²) in [6.45, 7) is 8.20. The van der Waals surface area contributed by atoms with E-state index in [1.807, 2.05) is 0 Å². The molecule has 0 fully saturated rings. The quantitative estimate of drug-likeness (QED) is 0.731. The third kappa shape index (κ3) is 2.66. The van der Waals surface area contributed by atoms with Crippen molar-refractivity contribution >= 4 is 11.8 Å². The van der Waals surface area contributed by atoms with Gasteiger partial charge in [0.05, 0.1) is 0 Å². The van der Waals surface area contributed by atoms with Gasteiger partial charge in [-0.1, -0.05) is 12.2 Å². The first-order chi connectivity index (χ1) is 7.70. The summed E-state index contributed by atoms with van der Waals surface area (Å²) < 4.78 is 0. The first-order valence-corrected chi connectivity index (χ1v) is 4.71. The summed E-state index contributed by atoms with van der Waals surface area (Å²) in [5.41, 5.74) is -0.0637. The van der Waals surface area contributed by atoms with Crippen molar-refractivity contribution in [2.75, 3.05) is 18.0 Å². The van der Waals surface area contributed by atoms with Gasteiger partial charge in [0.25, 0.3) is 0 Å². The molecule has 0 bridgehead atoms. The zero-order valence-corrected chi connectivity index (χ0v) is 8.83. The van der Waals surface area contributed by atoms with Crippen LogP contribution in [0.15, 0.2) is 37.7 Å². The Hall–Kier alpha value is -2.17. The minimum atomic E-state index is -1.10. The molecule has 0 amide bonds. The van der Waals surface area contributed by atoms with Gasteiger partial charge in [-0.3, -0.25) is 0 Å². The third-order valence-electron chi connectivity index (χ3n) is 1.88. The lowest BCUT2D eigenvalue weighted by atomic mass is 10.3. The fourth-order valence-corrected chi connectivity index (χ4v) is 1.27. The van der Waals surface area contributed by atoms with E-state index in [0.29, 0.717) is 18.9 Å². The Kier molecular flexibility index (Phi) is 4.20. The molecule has 0 aliphatic carbocycles. The fourth-order valence-electron chi connectivity index (χ4n) is 1.27. The number of aromatic carboxylic acids is 1. The highest BCUT2D eigenvalue weighted by atomic mass is 16.4. The molecule has 1 N–H and O–H groups in total. The Morgan fingerprint density at radius 1 is 1.31 bits per heavy atom. The standard InChI is InChI=1S/C11H13N3O2/c1-3-7-14(8-4-2)10-9(11(15)16)12-5-6-13-10/h3-6H,1-2,7-8H2,(H,15,16). The second-order valence-electron chi connectivity index (χ2n) is 3.02. The van der Waals surface area contributed by atoms with Crippen LogP contribution >= 0.6 is 0 Å². The lowest BCUT2D eigenvalue weighted by molar-refractivity contribution is 0.0691. The number of carbonyl (C=O) groups is 1. The molecule has 84 valence electrons. The molecule has 5 heteroatoms. The number of carboxylic acid groups (broad SMARTS) is 1. The highest BCUT2D eigenvalue weighted by Crippen LogP contribution is 2.14. The van der Waals surface area contributed by atoms with Crippen molar-refractivity contribution in [1.29, 1.82) is 0 Å². The Bertz CT molecular complexity index is 394. The number of anilines is 1. The highest BCUT2D eigenvalue weighted by Gasteiger charge is 2.16. The van der Waals surface area contributed by atoms with Gasteiger partial charge < -0.3 is 10.0 Å². The summed E-state index contributed by atoms with van der Waals surface area (Å²) in [7, 11) is 0. The van der Waals surface area contributed by atoms with Crippen LogP contribution in [-0.2, 0) is 0 Å². The van der Waals surface area contributed by atoms with Crippen LogP contribution in [0.25, 0.3) is 0 Å². The summed E-state index contributed by atoms with van der Waals surface area (Å²) in [6.07, 6.45) is 6.15. The topological polar surface area (TPSA) is 66.3 Å². The average Bonchev–Trinajstić information content (AvgIpc) is 2.29. The van der Waals surface area contributed by atoms with E-state index in [0.717, 1.165) is 0 Å². The fraction of sp³-hybridized carbons (Fsp3) is 0.182. The van der Waals surface area contributed by atoms with Gasteiger partial charge in [0.2, 0.25) is 0 Å². The van der Waals surface area contributed by atoms with Gasteiger partial charge in [-0.2, -0.15) is 0 Å². The Morgan fingerprint density at radius 2 is 1.88 bits per heavy atom. The SMILES string of the molecule is C=CCN(CC=C)c1nccnc1C(=O)O. The number of nitrogens with zero attached hydrogens (tertiary/aromatic N) is 3. The molecule has 0 aromatic carbocycles. The van der Waals surface area contributed by atoms with Crippen LogP contribution in [0.4, 0.5) is 5.82 Å². The first kappa shape index (κ1) is 11.9. The zero-order valence-electron chi connectivity index (χ0n) is 8.83. The van der Waals surface area contributed by atoms with Crippen LogP contribution in [0.5, 0.6) is 0 Å². The van der Waals surface area contributed by atoms with E-state index >= 15 is 0 Å². The smallest absolute Gasteiger partial charge is 0.358 e. The average molecular weight is 219 g/mol. The largest absolute Gasteiger partial charge is 0.476 e. The second kappa shape index (κ2) is 5.65. The molecule has 0 spiro atoms. The van der Waals surface area contributed by atoms with E-state index in [-0.39, 0.29) is 5.69 Å². The minimum Gasteiger partial charge on any atom is -0.476 e. The van der Waals surface area contributed by atoms with Crippen LogP contribution < -0.4 is 4.90 Å². The summed E-state index contributed by atoms with van der Waals surface area (Å²) in [5.74, 6) is -0.768. The predicted molar refractivity (Wildman–Crippen MR) is 61.6 cm³/mol. The van der Waals surface area contributed by atoms with Crippen molar-refractivity contribution < 1.29 is 9.90 Å². The van der Waals surface area contributed by atoms with Crippen molar-refractivity contribution in [2.45, 2.75) is 0 Å². The molecule has 0 atom stereocenters. The molecule has 16 heavy (non-hydrogen) atoms. The van der Waals surface area contributed by atoms with E-state index in [1.165, 1.54) is 12.4 Å². The van der Waals surface area contributed by atoms with Gasteiger partial charge in [0.1, 0.15) is 0 Å². The molecule has 0 aliphatic heterocycles. The number of carboxylic acids is 1. The molecular formula is C11H13N3O2. The molecule has 0 radical (unpaired) electrons. The van der Waals surface area contributed by atoms with Gasteiger partial charge in [-0.05, 0) is 0 Å². The van der Waals surface area contributed by atoms with E-state index in [9.17, 15) is 4.79 Å². The van der Waals surface area contributed by atoms with Crippen molar-refractivity contribution in [3.63, 3.8) is 0 Å². The van der Waals surface area contributed by atoms with Crippen LogP contribution in [0.2, 0.25) is 0 Å². The summed E-state index contributed by atoms with van der Waals surface area (Å²) in [4.78, 5) is 20.5. The van der Waals surface area contributed by atoms with Crippen LogP contribution in [-0.4, -0.2) is 34.1 Å². The van der Waals surface area contributed by atoms with Gasteiger partial charge in [0.15, 0.2) is 11.5 Å². The lowest BCUT2D eigenvalue weighted by Gasteiger charge is -2.20. The van der Waals surface area contributed by atoms with Crippen molar-refractivity contribution in [3.05, 3.63) is 43.4 Å². The number of hydrogen-bond donors (Lipinski definition) is 1. The predicted octanol–water partition coefficient (Wildman–Crippen LogP) is 1.35. The van der Waals surface area contributed by atoms with Gasteiger partial charge in [0, 0.05) is 25.5 Å². The van der Waals surface area contributed by atoms with Crippen molar-refractivity contribution in [3.8, 4) is 0 Å². The van der Waals surface area contributed by atoms with Gasteiger partial charge in [-0.15, -0.1) is 13.2 Å². The summed E-state index contributed by atoms with van der Waals surface area (Å²) in [6, 6.07) is 0. The first-order valence-electron chi connectivity index (χ1n) is 4.71. The maximum atomic E-state index is 11.0. The van der Waals surface area contributed by atoms with Gasteiger partial charge >= 0.3 is 5.97 Å². The molecule has 0 aliphatic rings. The molecule has 1 aromatic rings. The molecule has 1 aromatic heterocycles. The zero-order chi connectivity index (χ0) is 12.0. The van der Waals surface area contributed by atoms with E-state index in [2.05, 4.69) is 23.1 Å². The Morgan fingerprint density at radius 3 is 2.38 bits per heavy atom. The number of rotatable bonds is 6. The third-order valence-corrected chi connectivity index (χ3v) is 1.88. The van der Waals surface area contributed by atoms with Gasteiger partial charge in [-0.25, -0.2) is 14.8 Å². The molecule has 0 saturated carbocycles. The van der Waals surface area contributed by atoms with E-state index in [1.54, 1.807) is 17.1 Å². The maximum absolute atomic E-state index is 11.0. The molecule has 5 nitrogen and oxygen atoms in total. The Balaban J connectivity index is 3.11. The van der Waals surface area contributed by atoms with Crippen molar-refractivity contribution in [2.24, 2.45) is 0 Å². The van der Waals surface area contributed by atoms with E-state index < -0.39 is 5.97 Å². The summed E-state index contributed by atoms with van der Waals surface area (Å²) >= 11 is 0. The monoisotopic (exact) mass is 219 g/mol. The molecule has 1 rings (SSSR count). The molecular weight excluding hydrogens is 206 g/mol. The number of hydrogen-bond acceptors (Lipinski definition) is 4. The Labute approximate surface area is 93.8 Å². The van der Waals surface area contributed by atoms with E-state index in [4.69, 9.17) is 5.11 Å². The molecule has 1 heterocycles.